The second-order valence-corrected chi connectivity index (χ2v) is 6.71. The van der Waals surface area contributed by atoms with E-state index in [1.807, 2.05) is 4.90 Å². The highest BCUT2D eigenvalue weighted by atomic mass is 16.5. The van der Waals surface area contributed by atoms with Crippen LogP contribution in [0.25, 0.3) is 0 Å². The van der Waals surface area contributed by atoms with Gasteiger partial charge in [-0.05, 0) is 31.0 Å². The SMILES string of the molecule is COCCC(=O)N1C[C@@H]2CN(C)[C@H](c3ccccc3C)[C@@H]2C1. The van der Waals surface area contributed by atoms with E-state index in [1.165, 1.54) is 11.1 Å². The monoisotopic (exact) mass is 302 g/mol. The van der Waals surface area contributed by atoms with Crippen LogP contribution in [0.15, 0.2) is 24.3 Å². The molecule has 0 spiro atoms. The van der Waals surface area contributed by atoms with Gasteiger partial charge in [0.15, 0.2) is 0 Å². The summed E-state index contributed by atoms with van der Waals surface area (Å²) < 4.78 is 5.03. The number of nitrogens with zero attached hydrogens (tertiary/aromatic N) is 2. The molecule has 0 unspecified atom stereocenters. The highest BCUT2D eigenvalue weighted by Crippen LogP contribution is 2.44. The van der Waals surface area contributed by atoms with Gasteiger partial charge in [0.05, 0.1) is 13.0 Å². The summed E-state index contributed by atoms with van der Waals surface area (Å²) in [5, 5.41) is 0. The van der Waals surface area contributed by atoms with Crippen LogP contribution in [-0.2, 0) is 9.53 Å². The van der Waals surface area contributed by atoms with E-state index < -0.39 is 0 Å². The molecule has 120 valence electrons. The van der Waals surface area contributed by atoms with Crippen LogP contribution in [0.5, 0.6) is 0 Å². The zero-order valence-electron chi connectivity index (χ0n) is 13.8. The average Bonchev–Trinajstić information content (AvgIpc) is 3.02. The highest BCUT2D eigenvalue weighted by Gasteiger charge is 2.47. The molecule has 3 atom stereocenters. The summed E-state index contributed by atoms with van der Waals surface area (Å²) in [4.78, 5) is 16.8. The Labute approximate surface area is 133 Å². The van der Waals surface area contributed by atoms with E-state index in [1.54, 1.807) is 7.11 Å². The van der Waals surface area contributed by atoms with Crippen LogP contribution in [0.3, 0.4) is 0 Å². The van der Waals surface area contributed by atoms with Gasteiger partial charge in [-0.3, -0.25) is 9.69 Å². The van der Waals surface area contributed by atoms with Crippen molar-refractivity contribution in [2.75, 3.05) is 40.4 Å². The van der Waals surface area contributed by atoms with Gasteiger partial charge in [0.25, 0.3) is 0 Å². The van der Waals surface area contributed by atoms with Crippen LogP contribution in [-0.4, -0.2) is 56.1 Å². The summed E-state index contributed by atoms with van der Waals surface area (Å²) in [6.45, 7) is 5.58. The van der Waals surface area contributed by atoms with E-state index >= 15 is 0 Å². The van der Waals surface area contributed by atoms with Crippen LogP contribution < -0.4 is 0 Å². The van der Waals surface area contributed by atoms with E-state index in [9.17, 15) is 4.79 Å². The smallest absolute Gasteiger partial charge is 0.224 e. The fourth-order valence-corrected chi connectivity index (χ4v) is 4.20. The molecule has 22 heavy (non-hydrogen) atoms. The second-order valence-electron chi connectivity index (χ2n) is 6.71. The molecule has 4 nitrogen and oxygen atoms in total. The minimum Gasteiger partial charge on any atom is -0.384 e. The summed E-state index contributed by atoms with van der Waals surface area (Å²) in [6, 6.07) is 9.09. The number of fused-ring (bicyclic) bond motifs is 1. The minimum absolute atomic E-state index is 0.238. The first-order valence-electron chi connectivity index (χ1n) is 8.14. The number of hydrogen-bond acceptors (Lipinski definition) is 3. The average molecular weight is 302 g/mol. The van der Waals surface area contributed by atoms with Gasteiger partial charge in [-0.15, -0.1) is 0 Å². The molecule has 2 fully saturated rings. The van der Waals surface area contributed by atoms with Crippen molar-refractivity contribution in [2.24, 2.45) is 11.8 Å². The Hall–Kier alpha value is -1.39. The third-order valence-corrected chi connectivity index (χ3v) is 5.27. The number of hydrogen-bond donors (Lipinski definition) is 0. The van der Waals surface area contributed by atoms with Crippen molar-refractivity contribution in [1.82, 2.24) is 9.80 Å². The summed E-state index contributed by atoms with van der Waals surface area (Å²) >= 11 is 0. The van der Waals surface area contributed by atoms with Gasteiger partial charge < -0.3 is 9.64 Å². The van der Waals surface area contributed by atoms with Crippen molar-refractivity contribution in [3.63, 3.8) is 0 Å². The first-order valence-corrected chi connectivity index (χ1v) is 8.14. The predicted octanol–water partition coefficient (Wildman–Crippen LogP) is 2.09. The molecule has 2 aliphatic heterocycles. The Morgan fingerprint density at radius 2 is 2.05 bits per heavy atom. The van der Waals surface area contributed by atoms with Crippen molar-refractivity contribution in [1.29, 1.82) is 0 Å². The maximum atomic E-state index is 12.3. The number of rotatable bonds is 4. The van der Waals surface area contributed by atoms with Crippen LogP contribution >= 0.6 is 0 Å². The molecule has 0 aromatic heterocycles. The van der Waals surface area contributed by atoms with Gasteiger partial charge in [0.1, 0.15) is 0 Å². The third-order valence-electron chi connectivity index (χ3n) is 5.27. The van der Waals surface area contributed by atoms with E-state index in [-0.39, 0.29) is 5.91 Å². The lowest BCUT2D eigenvalue weighted by molar-refractivity contribution is -0.131. The summed E-state index contributed by atoms with van der Waals surface area (Å²) in [5.74, 6) is 1.39. The topological polar surface area (TPSA) is 32.8 Å². The maximum absolute atomic E-state index is 12.3. The molecular formula is C18H26N2O2. The van der Waals surface area contributed by atoms with Gasteiger partial charge in [-0.2, -0.15) is 0 Å². The Kier molecular flexibility index (Phi) is 4.50. The molecule has 0 radical (unpaired) electrons. The number of likely N-dealkylation sites (tertiary alicyclic amines) is 2. The lowest BCUT2D eigenvalue weighted by Crippen LogP contribution is -2.34. The van der Waals surface area contributed by atoms with Gasteiger partial charge in [0, 0.05) is 38.7 Å². The Balaban J connectivity index is 1.75. The van der Waals surface area contributed by atoms with Gasteiger partial charge >= 0.3 is 0 Å². The molecule has 0 aliphatic carbocycles. The maximum Gasteiger partial charge on any atom is 0.224 e. The van der Waals surface area contributed by atoms with E-state index in [4.69, 9.17) is 4.74 Å². The molecule has 1 amide bonds. The molecule has 1 aromatic rings. The Morgan fingerprint density at radius 1 is 1.27 bits per heavy atom. The Bertz CT molecular complexity index is 546. The molecule has 1 aromatic carbocycles. The second kappa shape index (κ2) is 6.39. The Morgan fingerprint density at radius 3 is 2.77 bits per heavy atom. The van der Waals surface area contributed by atoms with Gasteiger partial charge in [-0.25, -0.2) is 0 Å². The van der Waals surface area contributed by atoms with Crippen LogP contribution in [0.2, 0.25) is 0 Å². The number of aryl methyl sites for hydroxylation is 1. The van der Waals surface area contributed by atoms with Crippen molar-refractivity contribution in [2.45, 2.75) is 19.4 Å². The number of amides is 1. The van der Waals surface area contributed by atoms with Crippen LogP contribution in [0, 0.1) is 18.8 Å². The molecule has 0 bridgehead atoms. The van der Waals surface area contributed by atoms with E-state index in [2.05, 4.69) is 43.1 Å². The molecular weight excluding hydrogens is 276 g/mol. The molecule has 3 rings (SSSR count). The number of benzene rings is 1. The van der Waals surface area contributed by atoms with Crippen molar-refractivity contribution < 1.29 is 9.53 Å². The van der Waals surface area contributed by atoms with Gasteiger partial charge in [0.2, 0.25) is 5.91 Å². The first-order chi connectivity index (χ1) is 10.6. The first kappa shape index (κ1) is 15.5. The van der Waals surface area contributed by atoms with Crippen molar-refractivity contribution >= 4 is 5.91 Å². The predicted molar refractivity (Wildman–Crippen MR) is 86.6 cm³/mol. The molecule has 2 aliphatic rings. The van der Waals surface area contributed by atoms with Crippen molar-refractivity contribution in [3.05, 3.63) is 35.4 Å². The minimum atomic E-state index is 0.238. The number of carbonyl (C=O) groups excluding carboxylic acids is 1. The zero-order valence-corrected chi connectivity index (χ0v) is 13.8. The number of carbonyl (C=O) groups is 1. The lowest BCUT2D eigenvalue weighted by atomic mass is 9.88. The molecule has 2 saturated heterocycles. The summed E-state index contributed by atoms with van der Waals surface area (Å²) in [6.07, 6.45) is 0.501. The number of methoxy groups -OCH3 is 1. The quantitative estimate of drug-likeness (QED) is 0.854. The largest absolute Gasteiger partial charge is 0.384 e. The van der Waals surface area contributed by atoms with E-state index in [0.717, 1.165) is 19.6 Å². The van der Waals surface area contributed by atoms with E-state index in [0.29, 0.717) is 30.9 Å². The highest BCUT2D eigenvalue weighted by molar-refractivity contribution is 5.76. The van der Waals surface area contributed by atoms with Crippen molar-refractivity contribution in [3.8, 4) is 0 Å². The van der Waals surface area contributed by atoms with Crippen LogP contribution in [0.4, 0.5) is 0 Å². The van der Waals surface area contributed by atoms with Gasteiger partial charge in [-0.1, -0.05) is 24.3 Å². The van der Waals surface area contributed by atoms with Crippen LogP contribution in [0.1, 0.15) is 23.6 Å². The lowest BCUT2D eigenvalue weighted by Gasteiger charge is -2.28. The summed E-state index contributed by atoms with van der Waals surface area (Å²) in [7, 11) is 3.86. The molecule has 0 N–H and O–H groups in total. The molecule has 2 heterocycles. The third kappa shape index (κ3) is 2.77. The zero-order chi connectivity index (χ0) is 15.7. The fourth-order valence-electron chi connectivity index (χ4n) is 4.20. The standard InChI is InChI=1S/C18H26N2O2/c1-13-6-4-5-7-15(13)18-16-12-20(17(21)8-9-22-3)11-14(16)10-19(18)2/h4-7,14,16,18H,8-12H2,1-3H3/t14-,16+,18+/m0/s1. The fraction of sp³-hybridized carbons (Fsp3) is 0.611. The molecule has 4 heteroatoms. The number of ether oxygens (including phenoxy) is 1. The summed E-state index contributed by atoms with van der Waals surface area (Å²) in [5.41, 5.74) is 2.77. The normalized spacial score (nSPS) is 28.1. The molecule has 0 saturated carbocycles.